The van der Waals surface area contributed by atoms with E-state index >= 15 is 0 Å². The maximum Gasteiger partial charge on any atom is 0.164 e. The van der Waals surface area contributed by atoms with Crippen molar-refractivity contribution < 1.29 is 4.74 Å². The highest BCUT2D eigenvalue weighted by molar-refractivity contribution is 5.80. The molecule has 5 rings (SSSR count). The minimum Gasteiger partial charge on any atom is -0.382 e. The van der Waals surface area contributed by atoms with E-state index < -0.39 is 0 Å². The summed E-state index contributed by atoms with van der Waals surface area (Å²) in [6.45, 7) is 5.75. The van der Waals surface area contributed by atoms with Gasteiger partial charge in [-0.05, 0) is 32.8 Å². The van der Waals surface area contributed by atoms with Gasteiger partial charge in [0.25, 0.3) is 0 Å². The molecular formula is C23H24N8O. The van der Waals surface area contributed by atoms with Crippen molar-refractivity contribution in [2.75, 3.05) is 18.5 Å². The van der Waals surface area contributed by atoms with Gasteiger partial charge in [-0.1, -0.05) is 0 Å². The third kappa shape index (κ3) is 3.81. The zero-order chi connectivity index (χ0) is 22.1. The van der Waals surface area contributed by atoms with Gasteiger partial charge in [-0.2, -0.15) is 20.1 Å². The van der Waals surface area contributed by atoms with Gasteiger partial charge in [0.1, 0.15) is 6.07 Å². The first-order valence-electron chi connectivity index (χ1n) is 10.8. The summed E-state index contributed by atoms with van der Waals surface area (Å²) in [5, 5.41) is 22.5. The van der Waals surface area contributed by atoms with Crippen molar-refractivity contribution in [1.82, 2.24) is 29.5 Å². The van der Waals surface area contributed by atoms with Gasteiger partial charge in [0.05, 0.1) is 24.0 Å². The quantitative estimate of drug-likeness (QED) is 0.516. The average Bonchev–Trinajstić information content (AvgIpc) is 3.46. The lowest BCUT2D eigenvalue weighted by Gasteiger charge is -2.22. The molecule has 9 heteroatoms. The number of rotatable bonds is 5. The van der Waals surface area contributed by atoms with Crippen LogP contribution in [0.4, 0.5) is 5.69 Å². The van der Waals surface area contributed by atoms with E-state index in [4.69, 9.17) is 10.00 Å². The van der Waals surface area contributed by atoms with Gasteiger partial charge in [0.2, 0.25) is 0 Å². The first kappa shape index (κ1) is 20.2. The average molecular weight is 429 g/mol. The molecule has 1 aliphatic rings. The molecule has 0 aliphatic carbocycles. The van der Waals surface area contributed by atoms with Gasteiger partial charge in [0.15, 0.2) is 11.5 Å². The Morgan fingerprint density at radius 2 is 1.94 bits per heavy atom. The highest BCUT2D eigenvalue weighted by Crippen LogP contribution is 2.31. The third-order valence-electron chi connectivity index (χ3n) is 5.57. The maximum atomic E-state index is 9.11. The molecule has 1 fully saturated rings. The normalized spacial score (nSPS) is 14.7. The Labute approximate surface area is 185 Å². The van der Waals surface area contributed by atoms with Gasteiger partial charge >= 0.3 is 0 Å². The largest absolute Gasteiger partial charge is 0.382 e. The molecule has 32 heavy (non-hydrogen) atoms. The zero-order valence-electron chi connectivity index (χ0n) is 18.1. The molecule has 5 heterocycles. The van der Waals surface area contributed by atoms with Crippen LogP contribution < -0.4 is 5.32 Å². The molecular weight excluding hydrogens is 404 g/mol. The first-order valence-corrected chi connectivity index (χ1v) is 10.8. The molecule has 0 bridgehead atoms. The summed E-state index contributed by atoms with van der Waals surface area (Å²) in [5.41, 5.74) is 4.11. The molecule has 0 atom stereocenters. The van der Waals surface area contributed by atoms with Crippen molar-refractivity contribution in [3.63, 3.8) is 0 Å². The minimum absolute atomic E-state index is 0.236. The van der Waals surface area contributed by atoms with Gasteiger partial charge in [-0.3, -0.25) is 4.68 Å². The Morgan fingerprint density at radius 3 is 2.72 bits per heavy atom. The van der Waals surface area contributed by atoms with Crippen LogP contribution in [0.5, 0.6) is 0 Å². The van der Waals surface area contributed by atoms with Crippen molar-refractivity contribution in [3.8, 4) is 23.0 Å². The Bertz CT molecular complexity index is 1290. The van der Waals surface area contributed by atoms with Crippen molar-refractivity contribution >= 4 is 16.7 Å². The number of pyridine rings is 2. The van der Waals surface area contributed by atoms with E-state index in [1.165, 1.54) is 0 Å². The van der Waals surface area contributed by atoms with E-state index in [9.17, 15) is 0 Å². The van der Waals surface area contributed by atoms with Crippen molar-refractivity contribution in [2.45, 2.75) is 38.8 Å². The van der Waals surface area contributed by atoms with Crippen LogP contribution in [0.15, 0.2) is 43.1 Å². The van der Waals surface area contributed by atoms with Gasteiger partial charge in [0, 0.05) is 66.1 Å². The van der Waals surface area contributed by atoms with Crippen LogP contribution in [0.1, 0.15) is 38.3 Å². The number of fused-ring (bicyclic) bond motifs is 1. The molecule has 162 valence electrons. The highest BCUT2D eigenvalue weighted by atomic mass is 16.5. The van der Waals surface area contributed by atoms with E-state index in [0.29, 0.717) is 23.1 Å². The summed E-state index contributed by atoms with van der Waals surface area (Å²) < 4.78 is 9.21. The molecule has 1 saturated heterocycles. The second-order valence-electron chi connectivity index (χ2n) is 8.24. The van der Waals surface area contributed by atoms with E-state index in [1.54, 1.807) is 23.1 Å². The van der Waals surface area contributed by atoms with Gasteiger partial charge < -0.3 is 10.1 Å². The van der Waals surface area contributed by atoms with Crippen molar-refractivity contribution in [2.24, 2.45) is 0 Å². The molecule has 0 amide bonds. The number of nitriles is 1. The lowest BCUT2D eigenvalue weighted by atomic mass is 10.1. The molecule has 0 unspecified atom stereocenters. The lowest BCUT2D eigenvalue weighted by Crippen LogP contribution is -2.19. The van der Waals surface area contributed by atoms with Crippen LogP contribution in [-0.4, -0.2) is 48.8 Å². The number of aromatic nitrogens is 6. The topological polar surface area (TPSA) is 106 Å². The summed E-state index contributed by atoms with van der Waals surface area (Å²) in [5.74, 6) is 0.654. The van der Waals surface area contributed by atoms with E-state index in [2.05, 4.69) is 51.6 Å². The molecule has 1 N–H and O–H groups in total. The fourth-order valence-electron chi connectivity index (χ4n) is 4.00. The Kier molecular flexibility index (Phi) is 5.29. The van der Waals surface area contributed by atoms with Crippen LogP contribution >= 0.6 is 0 Å². The molecule has 0 spiro atoms. The Balaban J connectivity index is 1.53. The molecule has 0 saturated carbocycles. The van der Waals surface area contributed by atoms with Gasteiger partial charge in [-0.15, -0.1) is 0 Å². The standard InChI is InChI=1S/C23H24N8O/c1-15(2)29-21-8-22(31-23-17(11-28-31)7-16(9-24)10-26-23)25-13-20(21)18-12-27-30(14-18)19-3-5-32-6-4-19/h7-8,10-15,19H,3-6H2,1-2H3,(H,25,29). The first-order chi connectivity index (χ1) is 15.6. The number of ether oxygens (including phenoxy) is 1. The summed E-state index contributed by atoms with van der Waals surface area (Å²) >= 11 is 0. The van der Waals surface area contributed by atoms with Crippen LogP contribution in [0.2, 0.25) is 0 Å². The zero-order valence-corrected chi connectivity index (χ0v) is 18.1. The number of anilines is 1. The smallest absolute Gasteiger partial charge is 0.164 e. The van der Waals surface area contributed by atoms with E-state index in [-0.39, 0.29) is 6.04 Å². The number of hydrogen-bond donors (Lipinski definition) is 1. The molecule has 1 aliphatic heterocycles. The molecule has 4 aromatic heterocycles. The van der Waals surface area contributed by atoms with Crippen LogP contribution in [0.3, 0.4) is 0 Å². The lowest BCUT2D eigenvalue weighted by molar-refractivity contribution is 0.0662. The summed E-state index contributed by atoms with van der Waals surface area (Å²) in [4.78, 5) is 9.09. The van der Waals surface area contributed by atoms with Crippen LogP contribution in [0.25, 0.3) is 28.0 Å². The molecule has 4 aromatic rings. The third-order valence-corrected chi connectivity index (χ3v) is 5.57. The Hall–Kier alpha value is -3.77. The van der Waals surface area contributed by atoms with Crippen molar-refractivity contribution in [1.29, 1.82) is 5.26 Å². The Morgan fingerprint density at radius 1 is 1.09 bits per heavy atom. The summed E-state index contributed by atoms with van der Waals surface area (Å²) in [6.07, 6.45) is 11.0. The maximum absolute atomic E-state index is 9.11. The molecule has 0 aromatic carbocycles. The molecule has 0 radical (unpaired) electrons. The van der Waals surface area contributed by atoms with E-state index in [1.807, 2.05) is 23.1 Å². The number of hydrogen-bond acceptors (Lipinski definition) is 7. The predicted octanol–water partition coefficient (Wildman–Crippen LogP) is 3.72. The molecule has 9 nitrogen and oxygen atoms in total. The number of nitrogens with zero attached hydrogens (tertiary/aromatic N) is 7. The number of nitrogens with one attached hydrogen (secondary N) is 1. The SMILES string of the molecule is CC(C)Nc1cc(-n2ncc3cc(C#N)cnc32)ncc1-c1cnn(C2CCOCC2)c1. The van der Waals surface area contributed by atoms with Crippen LogP contribution in [0, 0.1) is 11.3 Å². The summed E-state index contributed by atoms with van der Waals surface area (Å²) in [7, 11) is 0. The summed E-state index contributed by atoms with van der Waals surface area (Å²) in [6, 6.07) is 6.47. The van der Waals surface area contributed by atoms with Gasteiger partial charge in [-0.25, -0.2) is 9.97 Å². The van der Waals surface area contributed by atoms with E-state index in [0.717, 1.165) is 48.3 Å². The van der Waals surface area contributed by atoms with Crippen molar-refractivity contribution in [3.05, 3.63) is 48.7 Å². The second kappa shape index (κ2) is 8.40. The minimum atomic E-state index is 0.236. The predicted molar refractivity (Wildman–Crippen MR) is 120 cm³/mol. The van der Waals surface area contributed by atoms with Crippen LogP contribution in [-0.2, 0) is 4.74 Å². The highest BCUT2D eigenvalue weighted by Gasteiger charge is 2.19. The fraction of sp³-hybridized carbons (Fsp3) is 0.348. The second-order valence-corrected chi connectivity index (χ2v) is 8.24. The fourth-order valence-corrected chi connectivity index (χ4v) is 4.00. The monoisotopic (exact) mass is 428 g/mol.